The predicted octanol–water partition coefficient (Wildman–Crippen LogP) is 1.03. The number of hydrogen-bond acceptors (Lipinski definition) is 5. The van der Waals surface area contributed by atoms with Gasteiger partial charge in [-0.1, -0.05) is 18.3 Å². The second kappa shape index (κ2) is 4.41. The van der Waals surface area contributed by atoms with E-state index in [0.717, 1.165) is 17.8 Å². The maximum absolute atomic E-state index is 10.6. The van der Waals surface area contributed by atoms with Gasteiger partial charge < -0.3 is 15.2 Å². The van der Waals surface area contributed by atoms with Crippen LogP contribution in [0.15, 0.2) is 0 Å². The number of carbonyl (C=O) groups excluding carboxylic acids is 1. The van der Waals surface area contributed by atoms with Crippen LogP contribution in [-0.4, -0.2) is 17.0 Å². The van der Waals surface area contributed by atoms with E-state index in [0.29, 0.717) is 16.9 Å². The third kappa shape index (κ3) is 2.45. The van der Waals surface area contributed by atoms with Gasteiger partial charge in [0.05, 0.1) is 16.5 Å². The third-order valence-corrected chi connectivity index (χ3v) is 3.03. The first-order chi connectivity index (χ1) is 6.54. The fourth-order valence-corrected chi connectivity index (χ4v) is 1.87. The molecule has 0 saturated carbocycles. The molecule has 0 aliphatic rings. The van der Waals surface area contributed by atoms with E-state index in [2.05, 4.69) is 17.2 Å². The van der Waals surface area contributed by atoms with Gasteiger partial charge in [0.25, 0.3) is 0 Å². The molecule has 0 aliphatic heterocycles. The van der Waals surface area contributed by atoms with Crippen LogP contribution in [0.4, 0.5) is 5.13 Å². The molecule has 14 heavy (non-hydrogen) atoms. The van der Waals surface area contributed by atoms with E-state index < -0.39 is 5.97 Å². The summed E-state index contributed by atoms with van der Waals surface area (Å²) in [7, 11) is 0. The highest BCUT2D eigenvalue weighted by atomic mass is 32.1. The van der Waals surface area contributed by atoms with Gasteiger partial charge in [0.2, 0.25) is 0 Å². The fourth-order valence-electron chi connectivity index (χ4n) is 0.960. The molecule has 0 spiro atoms. The smallest absolute Gasteiger partial charge is 0.183 e. The summed E-state index contributed by atoms with van der Waals surface area (Å²) >= 11 is 1.13. The Hall–Kier alpha value is -1.10. The van der Waals surface area contributed by atoms with Crippen molar-refractivity contribution >= 4 is 22.4 Å². The second-order valence-electron chi connectivity index (χ2n) is 3.17. The number of nitrogens with zero attached hydrogens (tertiary/aromatic N) is 1. The molecule has 5 heteroatoms. The van der Waals surface area contributed by atoms with E-state index in [9.17, 15) is 9.90 Å². The summed E-state index contributed by atoms with van der Waals surface area (Å²) in [4.78, 5) is 14.9. The Kier molecular flexibility index (Phi) is 3.46. The summed E-state index contributed by atoms with van der Waals surface area (Å²) in [5.41, 5.74) is 0.515. The number of aromatic nitrogens is 1. The number of rotatable bonds is 4. The average molecular weight is 213 g/mol. The van der Waals surface area contributed by atoms with Gasteiger partial charge in [-0.25, -0.2) is 4.98 Å². The molecule has 0 fully saturated rings. The van der Waals surface area contributed by atoms with Gasteiger partial charge in [0, 0.05) is 6.04 Å². The molecule has 0 bridgehead atoms. The summed E-state index contributed by atoms with van der Waals surface area (Å²) in [5.74, 6) is -1.16. The van der Waals surface area contributed by atoms with Crippen molar-refractivity contribution in [2.45, 2.75) is 33.2 Å². The van der Waals surface area contributed by atoms with Crippen LogP contribution in [0.2, 0.25) is 0 Å². The SMILES string of the molecule is CC[C@H](C)Nc1nc(C)c(C(=O)[O-])s1. The zero-order valence-corrected chi connectivity index (χ0v) is 9.27. The maximum Gasteiger partial charge on any atom is 0.183 e. The molecular weight excluding hydrogens is 200 g/mol. The molecule has 0 unspecified atom stereocenters. The molecule has 0 aliphatic carbocycles. The standard InChI is InChI=1S/C9H14N2O2S/c1-4-5(2)10-9-11-6(3)7(14-9)8(12)13/h5H,4H2,1-3H3,(H,10,11)(H,12,13)/p-1/t5-/m0/s1. The van der Waals surface area contributed by atoms with Crippen molar-refractivity contribution in [2.75, 3.05) is 5.32 Å². The minimum Gasteiger partial charge on any atom is -0.544 e. The summed E-state index contributed by atoms with van der Waals surface area (Å²) in [5, 5.41) is 14.4. The largest absolute Gasteiger partial charge is 0.544 e. The van der Waals surface area contributed by atoms with Gasteiger partial charge in [0.1, 0.15) is 0 Å². The fraction of sp³-hybridized carbons (Fsp3) is 0.556. The van der Waals surface area contributed by atoms with E-state index in [1.54, 1.807) is 6.92 Å². The highest BCUT2D eigenvalue weighted by Gasteiger charge is 2.09. The van der Waals surface area contributed by atoms with Crippen LogP contribution in [0.1, 0.15) is 35.6 Å². The first-order valence-electron chi connectivity index (χ1n) is 4.50. The van der Waals surface area contributed by atoms with Crippen molar-refractivity contribution in [3.8, 4) is 0 Å². The van der Waals surface area contributed by atoms with Gasteiger partial charge >= 0.3 is 0 Å². The van der Waals surface area contributed by atoms with E-state index in [4.69, 9.17) is 0 Å². The lowest BCUT2D eigenvalue weighted by Crippen LogP contribution is -2.21. The van der Waals surface area contributed by atoms with Crippen molar-refractivity contribution in [2.24, 2.45) is 0 Å². The molecule has 0 saturated heterocycles. The molecule has 0 amide bonds. The Bertz CT molecular complexity index is 336. The van der Waals surface area contributed by atoms with Gasteiger partial charge in [-0.3, -0.25) is 0 Å². The molecule has 4 nitrogen and oxygen atoms in total. The molecule has 1 heterocycles. The van der Waals surface area contributed by atoms with Crippen LogP contribution in [0.5, 0.6) is 0 Å². The van der Waals surface area contributed by atoms with Crippen LogP contribution in [0.25, 0.3) is 0 Å². The Balaban J connectivity index is 2.81. The minimum atomic E-state index is -1.16. The maximum atomic E-state index is 10.6. The lowest BCUT2D eigenvalue weighted by Gasteiger charge is -2.08. The Labute approximate surface area is 87.0 Å². The van der Waals surface area contributed by atoms with Crippen LogP contribution in [0, 0.1) is 6.92 Å². The van der Waals surface area contributed by atoms with E-state index in [1.165, 1.54) is 0 Å². The van der Waals surface area contributed by atoms with Crippen molar-refractivity contribution in [1.29, 1.82) is 0 Å². The third-order valence-electron chi connectivity index (χ3n) is 1.96. The number of nitrogens with one attached hydrogen (secondary N) is 1. The number of carbonyl (C=O) groups is 1. The van der Waals surface area contributed by atoms with E-state index in [-0.39, 0.29) is 4.88 Å². The van der Waals surface area contributed by atoms with Crippen LogP contribution < -0.4 is 10.4 Å². The molecular formula is C9H13N2O2S-. The Morgan fingerprint density at radius 3 is 2.79 bits per heavy atom. The van der Waals surface area contributed by atoms with E-state index in [1.807, 2.05) is 6.92 Å². The first kappa shape index (κ1) is 11.0. The van der Waals surface area contributed by atoms with Crippen molar-refractivity contribution in [1.82, 2.24) is 4.98 Å². The lowest BCUT2D eigenvalue weighted by molar-refractivity contribution is -0.254. The first-order valence-corrected chi connectivity index (χ1v) is 5.31. The predicted molar refractivity (Wildman–Crippen MR) is 54.6 cm³/mol. The minimum absolute atomic E-state index is 0.204. The van der Waals surface area contributed by atoms with E-state index >= 15 is 0 Å². The number of aromatic carboxylic acids is 1. The number of aryl methyl sites for hydroxylation is 1. The topological polar surface area (TPSA) is 65.0 Å². The zero-order valence-electron chi connectivity index (χ0n) is 8.46. The number of hydrogen-bond donors (Lipinski definition) is 1. The van der Waals surface area contributed by atoms with Crippen molar-refractivity contribution < 1.29 is 9.90 Å². The highest BCUT2D eigenvalue weighted by Crippen LogP contribution is 2.22. The van der Waals surface area contributed by atoms with Crippen molar-refractivity contribution in [3.63, 3.8) is 0 Å². The molecule has 78 valence electrons. The quantitative estimate of drug-likeness (QED) is 0.811. The molecule has 1 aromatic heterocycles. The second-order valence-corrected chi connectivity index (χ2v) is 4.17. The van der Waals surface area contributed by atoms with Gasteiger partial charge in [0.15, 0.2) is 5.13 Å². The number of thiazole rings is 1. The van der Waals surface area contributed by atoms with Crippen LogP contribution in [-0.2, 0) is 0 Å². The summed E-state index contributed by atoms with van der Waals surface area (Å²) in [6.45, 7) is 5.75. The molecule has 1 aromatic rings. The average Bonchev–Trinajstić information content (AvgIpc) is 2.46. The normalized spacial score (nSPS) is 12.5. The number of carboxylic acid groups (broad SMARTS) is 1. The zero-order chi connectivity index (χ0) is 10.7. The molecule has 0 aromatic carbocycles. The summed E-state index contributed by atoms with van der Waals surface area (Å²) in [6, 6.07) is 0.301. The Morgan fingerprint density at radius 1 is 1.71 bits per heavy atom. The monoisotopic (exact) mass is 213 g/mol. The highest BCUT2D eigenvalue weighted by molar-refractivity contribution is 7.17. The number of carboxylic acids is 1. The van der Waals surface area contributed by atoms with Crippen molar-refractivity contribution in [3.05, 3.63) is 10.6 Å². The summed E-state index contributed by atoms with van der Waals surface area (Å²) < 4.78 is 0. The molecule has 1 rings (SSSR count). The summed E-state index contributed by atoms with van der Waals surface area (Å²) in [6.07, 6.45) is 0.972. The van der Waals surface area contributed by atoms with Gasteiger partial charge in [-0.05, 0) is 20.3 Å². The van der Waals surface area contributed by atoms with Gasteiger partial charge in [-0.15, -0.1) is 0 Å². The lowest BCUT2D eigenvalue weighted by atomic mass is 10.3. The molecule has 1 atom stereocenters. The number of anilines is 1. The van der Waals surface area contributed by atoms with Crippen LogP contribution >= 0.6 is 11.3 Å². The van der Waals surface area contributed by atoms with Crippen LogP contribution in [0.3, 0.4) is 0 Å². The molecule has 1 N–H and O–H groups in total. The Morgan fingerprint density at radius 2 is 2.36 bits per heavy atom. The van der Waals surface area contributed by atoms with Gasteiger partial charge in [-0.2, -0.15) is 0 Å². The molecule has 0 radical (unpaired) electrons.